The Hall–Kier alpha value is -1.23. The molecule has 5 heteroatoms. The number of halogens is 3. The quantitative estimate of drug-likeness (QED) is 0.861. The summed E-state index contributed by atoms with van der Waals surface area (Å²) in [5.74, 6) is -0.354. The van der Waals surface area contributed by atoms with E-state index in [0.29, 0.717) is 17.8 Å². The Bertz CT molecular complexity index is 511. The van der Waals surface area contributed by atoms with Crippen LogP contribution in [0.25, 0.3) is 0 Å². The lowest BCUT2D eigenvalue weighted by Crippen LogP contribution is -2.04. The van der Waals surface area contributed by atoms with Crippen molar-refractivity contribution in [2.75, 3.05) is 0 Å². The summed E-state index contributed by atoms with van der Waals surface area (Å²) in [6.45, 7) is 1.62. The van der Waals surface area contributed by atoms with Gasteiger partial charge in [0.05, 0.1) is 4.83 Å². The fraction of sp³-hybridized carbons (Fsp3) is 0.250. The second-order valence-electron chi connectivity index (χ2n) is 3.80. The number of benzene rings is 1. The van der Waals surface area contributed by atoms with Crippen LogP contribution in [0.2, 0.25) is 0 Å². The van der Waals surface area contributed by atoms with Crippen molar-refractivity contribution in [1.29, 1.82) is 0 Å². The van der Waals surface area contributed by atoms with Gasteiger partial charge in [0.2, 0.25) is 0 Å². The minimum Gasteiger partial charge on any atom is -0.349 e. The molecule has 1 aromatic carbocycles. The number of alkyl halides is 1. The summed E-state index contributed by atoms with van der Waals surface area (Å²) in [5.41, 5.74) is 0.492. The number of H-pyrrole nitrogens is 1. The number of nitrogens with one attached hydrogen (secondary N) is 1. The van der Waals surface area contributed by atoms with E-state index in [1.807, 2.05) is 0 Å². The molecule has 0 aliphatic carbocycles. The molecule has 0 aliphatic rings. The molecule has 0 amide bonds. The highest BCUT2D eigenvalue weighted by Gasteiger charge is 2.20. The van der Waals surface area contributed by atoms with Gasteiger partial charge in [-0.3, -0.25) is 0 Å². The van der Waals surface area contributed by atoms with Gasteiger partial charge < -0.3 is 4.98 Å². The molecular weight excluding hydrogens is 290 g/mol. The fourth-order valence-electron chi connectivity index (χ4n) is 1.65. The number of aryl methyl sites for hydroxylation is 1. The van der Waals surface area contributed by atoms with E-state index < -0.39 is 16.5 Å². The van der Waals surface area contributed by atoms with E-state index in [0.717, 1.165) is 0 Å². The highest BCUT2D eigenvalue weighted by atomic mass is 79.9. The molecule has 1 heterocycles. The first-order valence-corrected chi connectivity index (χ1v) is 6.08. The Kier molecular flexibility index (Phi) is 3.57. The van der Waals surface area contributed by atoms with Gasteiger partial charge in [0, 0.05) is 24.4 Å². The van der Waals surface area contributed by atoms with E-state index >= 15 is 0 Å². The van der Waals surface area contributed by atoms with Gasteiger partial charge in [-0.2, -0.15) is 0 Å². The van der Waals surface area contributed by atoms with Crippen LogP contribution in [0.15, 0.2) is 24.5 Å². The lowest BCUT2D eigenvalue weighted by Gasteiger charge is -2.12. The van der Waals surface area contributed by atoms with Crippen LogP contribution in [0.1, 0.15) is 21.8 Å². The van der Waals surface area contributed by atoms with Crippen LogP contribution in [-0.4, -0.2) is 9.97 Å². The number of nitrogens with zero attached hydrogens (tertiary/aromatic N) is 1. The molecule has 0 saturated heterocycles. The zero-order valence-corrected chi connectivity index (χ0v) is 10.8. The van der Waals surface area contributed by atoms with Crippen molar-refractivity contribution in [1.82, 2.24) is 9.97 Å². The predicted octanol–water partition coefficient (Wildman–Crippen LogP) is 3.68. The van der Waals surface area contributed by atoms with E-state index in [1.54, 1.807) is 19.3 Å². The summed E-state index contributed by atoms with van der Waals surface area (Å²) in [4.78, 5) is 6.50. The first-order valence-electron chi connectivity index (χ1n) is 5.16. The lowest BCUT2D eigenvalue weighted by molar-refractivity contribution is 0.547. The summed E-state index contributed by atoms with van der Waals surface area (Å²) >= 11 is 3.30. The third-order valence-corrected chi connectivity index (χ3v) is 3.34. The molecule has 0 saturated carbocycles. The van der Waals surface area contributed by atoms with Gasteiger partial charge in [-0.15, -0.1) is 0 Å². The second kappa shape index (κ2) is 4.96. The van der Waals surface area contributed by atoms with Crippen LogP contribution in [-0.2, 0) is 6.42 Å². The van der Waals surface area contributed by atoms with Crippen LogP contribution in [0.3, 0.4) is 0 Å². The van der Waals surface area contributed by atoms with Crippen molar-refractivity contribution in [3.63, 3.8) is 0 Å². The molecule has 0 bridgehead atoms. The van der Waals surface area contributed by atoms with Crippen molar-refractivity contribution in [2.45, 2.75) is 18.2 Å². The summed E-state index contributed by atoms with van der Waals surface area (Å²) < 4.78 is 27.4. The summed E-state index contributed by atoms with van der Waals surface area (Å²) in [6.07, 6.45) is 3.69. The molecule has 1 unspecified atom stereocenters. The normalized spacial score (nSPS) is 12.7. The van der Waals surface area contributed by atoms with E-state index in [1.165, 1.54) is 12.1 Å². The Labute approximate surface area is 106 Å². The van der Waals surface area contributed by atoms with E-state index in [4.69, 9.17) is 0 Å². The van der Waals surface area contributed by atoms with Gasteiger partial charge in [0.15, 0.2) is 0 Å². The maximum Gasteiger partial charge on any atom is 0.133 e. The van der Waals surface area contributed by atoms with Gasteiger partial charge >= 0.3 is 0 Å². The van der Waals surface area contributed by atoms with Crippen molar-refractivity contribution in [3.05, 3.63) is 53.1 Å². The third-order valence-electron chi connectivity index (χ3n) is 2.56. The molecule has 1 atom stereocenters. The molecular formula is C12H11BrF2N2. The highest BCUT2D eigenvalue weighted by molar-refractivity contribution is 9.09. The molecule has 1 N–H and O–H groups in total. The number of hydrogen-bond donors (Lipinski definition) is 1. The molecule has 1 aromatic heterocycles. The monoisotopic (exact) mass is 300 g/mol. The predicted molar refractivity (Wildman–Crippen MR) is 65.1 cm³/mol. The first-order chi connectivity index (χ1) is 8.09. The zero-order valence-electron chi connectivity index (χ0n) is 9.17. The smallest absolute Gasteiger partial charge is 0.133 e. The largest absolute Gasteiger partial charge is 0.349 e. The fourth-order valence-corrected chi connectivity index (χ4v) is 2.37. The maximum absolute atomic E-state index is 13.8. The number of imidazole rings is 1. The average molecular weight is 301 g/mol. The number of aromatic amines is 1. The van der Waals surface area contributed by atoms with Gasteiger partial charge in [0.1, 0.15) is 17.5 Å². The standard InChI is InChI=1S/C12H11BrF2N2/c1-7-2-3-9(14)11(12(7)15)8(13)6-10-16-4-5-17-10/h2-5,8H,6H2,1H3,(H,16,17). The SMILES string of the molecule is Cc1ccc(F)c(C(Br)Cc2ncc[nH]2)c1F. The number of rotatable bonds is 3. The van der Waals surface area contributed by atoms with Gasteiger partial charge in [-0.25, -0.2) is 13.8 Å². The van der Waals surface area contributed by atoms with Gasteiger partial charge in [0.25, 0.3) is 0 Å². The molecule has 0 aliphatic heterocycles. The van der Waals surface area contributed by atoms with Crippen LogP contribution in [0.5, 0.6) is 0 Å². The van der Waals surface area contributed by atoms with Gasteiger partial charge in [-0.05, 0) is 18.6 Å². The Morgan fingerprint density at radius 1 is 1.41 bits per heavy atom. The van der Waals surface area contributed by atoms with Crippen molar-refractivity contribution < 1.29 is 8.78 Å². The van der Waals surface area contributed by atoms with Gasteiger partial charge in [-0.1, -0.05) is 22.0 Å². The Balaban J connectivity index is 2.30. The van der Waals surface area contributed by atoms with E-state index in [2.05, 4.69) is 25.9 Å². The minimum atomic E-state index is -0.540. The Morgan fingerprint density at radius 3 is 2.82 bits per heavy atom. The molecule has 17 heavy (non-hydrogen) atoms. The highest BCUT2D eigenvalue weighted by Crippen LogP contribution is 2.31. The van der Waals surface area contributed by atoms with Crippen LogP contribution in [0, 0.1) is 18.6 Å². The topological polar surface area (TPSA) is 28.7 Å². The van der Waals surface area contributed by atoms with E-state index in [9.17, 15) is 8.78 Å². The first kappa shape index (κ1) is 12.2. The average Bonchev–Trinajstić information content (AvgIpc) is 2.77. The third kappa shape index (κ3) is 2.54. The molecule has 90 valence electrons. The molecule has 2 rings (SSSR count). The van der Waals surface area contributed by atoms with Crippen molar-refractivity contribution >= 4 is 15.9 Å². The van der Waals surface area contributed by atoms with Crippen LogP contribution >= 0.6 is 15.9 Å². The zero-order chi connectivity index (χ0) is 12.4. The molecule has 0 radical (unpaired) electrons. The summed E-state index contributed by atoms with van der Waals surface area (Å²) in [7, 11) is 0. The number of hydrogen-bond acceptors (Lipinski definition) is 1. The molecule has 0 fully saturated rings. The molecule has 2 aromatic rings. The molecule has 2 nitrogen and oxygen atoms in total. The van der Waals surface area contributed by atoms with Crippen LogP contribution in [0.4, 0.5) is 8.78 Å². The van der Waals surface area contributed by atoms with Crippen LogP contribution < -0.4 is 0 Å². The van der Waals surface area contributed by atoms with Crippen molar-refractivity contribution in [2.24, 2.45) is 0 Å². The summed E-state index contributed by atoms with van der Waals surface area (Å²) in [5, 5.41) is 0. The maximum atomic E-state index is 13.8. The van der Waals surface area contributed by atoms with E-state index in [-0.39, 0.29) is 5.56 Å². The summed E-state index contributed by atoms with van der Waals surface area (Å²) in [6, 6.07) is 2.71. The second-order valence-corrected chi connectivity index (χ2v) is 4.90. The van der Waals surface area contributed by atoms with Crippen molar-refractivity contribution in [3.8, 4) is 0 Å². The lowest BCUT2D eigenvalue weighted by atomic mass is 10.0. The minimum absolute atomic E-state index is 0.0569. The number of aromatic nitrogens is 2. The Morgan fingerprint density at radius 2 is 2.18 bits per heavy atom. The molecule has 0 spiro atoms.